The standard InChI is InChI=1S/C19H28O3Si/c1-4-23(5-2,6-3)22-19(17-12-9-13-18(17)21)16-11-8-7-10-15(16)14-20/h7-8,10-11,14,17,19H,4-6,9,12-13H2,1-3H3/t17-,19-/m1/s1. The fraction of sp³-hybridized carbons (Fsp3) is 0.579. The van der Waals surface area contributed by atoms with Crippen molar-refractivity contribution < 1.29 is 14.0 Å². The lowest BCUT2D eigenvalue weighted by Crippen LogP contribution is -2.40. The normalized spacial score (nSPS) is 19.8. The van der Waals surface area contributed by atoms with Gasteiger partial charge in [-0.2, -0.15) is 0 Å². The molecule has 0 bridgehead atoms. The van der Waals surface area contributed by atoms with E-state index in [2.05, 4.69) is 20.8 Å². The molecule has 1 fully saturated rings. The molecule has 0 unspecified atom stereocenters. The van der Waals surface area contributed by atoms with E-state index in [9.17, 15) is 9.59 Å². The Balaban J connectivity index is 2.43. The maximum Gasteiger partial charge on any atom is 0.192 e. The van der Waals surface area contributed by atoms with E-state index in [0.29, 0.717) is 17.8 Å². The van der Waals surface area contributed by atoms with E-state index >= 15 is 0 Å². The Morgan fingerprint density at radius 2 is 1.87 bits per heavy atom. The van der Waals surface area contributed by atoms with Crippen LogP contribution in [-0.2, 0) is 9.22 Å². The molecule has 1 aliphatic carbocycles. The van der Waals surface area contributed by atoms with E-state index in [-0.39, 0.29) is 12.0 Å². The summed E-state index contributed by atoms with van der Waals surface area (Å²) in [6, 6.07) is 10.7. The van der Waals surface area contributed by atoms with Crippen LogP contribution in [0.2, 0.25) is 18.1 Å². The lowest BCUT2D eigenvalue weighted by Gasteiger charge is -2.36. The zero-order valence-electron chi connectivity index (χ0n) is 14.5. The average Bonchev–Trinajstić information content (AvgIpc) is 3.03. The van der Waals surface area contributed by atoms with Crippen LogP contribution >= 0.6 is 0 Å². The molecule has 0 aromatic heterocycles. The van der Waals surface area contributed by atoms with Gasteiger partial charge in [-0.05, 0) is 36.5 Å². The number of carbonyl (C=O) groups is 2. The Morgan fingerprint density at radius 3 is 2.39 bits per heavy atom. The molecule has 126 valence electrons. The molecular weight excluding hydrogens is 304 g/mol. The molecule has 3 nitrogen and oxygen atoms in total. The first kappa shape index (κ1) is 18.1. The third-order valence-electron chi connectivity index (χ3n) is 5.46. The van der Waals surface area contributed by atoms with E-state index in [4.69, 9.17) is 4.43 Å². The average molecular weight is 333 g/mol. The predicted molar refractivity (Wildman–Crippen MR) is 95.2 cm³/mol. The van der Waals surface area contributed by atoms with Gasteiger partial charge in [0.2, 0.25) is 0 Å². The minimum Gasteiger partial charge on any atom is -0.409 e. The molecule has 1 aliphatic rings. The van der Waals surface area contributed by atoms with Gasteiger partial charge in [0.15, 0.2) is 8.32 Å². The molecule has 1 saturated carbocycles. The highest BCUT2D eigenvalue weighted by molar-refractivity contribution is 6.73. The number of Topliss-reactive ketones (excluding diaryl/α,β-unsaturated/α-hetero) is 1. The number of ketones is 1. The molecule has 4 heteroatoms. The molecule has 0 heterocycles. The molecule has 1 aromatic rings. The minimum absolute atomic E-state index is 0.0902. The van der Waals surface area contributed by atoms with E-state index in [1.165, 1.54) is 0 Å². The fourth-order valence-corrected chi connectivity index (χ4v) is 6.50. The number of aldehydes is 1. The smallest absolute Gasteiger partial charge is 0.192 e. The highest BCUT2D eigenvalue weighted by atomic mass is 28.4. The second-order valence-electron chi connectivity index (χ2n) is 6.49. The quantitative estimate of drug-likeness (QED) is 0.501. The maximum absolute atomic E-state index is 12.4. The summed E-state index contributed by atoms with van der Waals surface area (Å²) >= 11 is 0. The van der Waals surface area contributed by atoms with Crippen LogP contribution in [0, 0.1) is 5.92 Å². The Labute approximate surface area is 140 Å². The Bertz CT molecular complexity index is 543. The van der Waals surface area contributed by atoms with Crippen molar-refractivity contribution in [1.82, 2.24) is 0 Å². The molecule has 2 atom stereocenters. The van der Waals surface area contributed by atoms with Gasteiger partial charge < -0.3 is 4.43 Å². The summed E-state index contributed by atoms with van der Waals surface area (Å²) in [5.74, 6) is 0.203. The summed E-state index contributed by atoms with van der Waals surface area (Å²) in [7, 11) is -1.86. The fourth-order valence-electron chi connectivity index (χ4n) is 3.67. The number of benzene rings is 1. The molecule has 0 aliphatic heterocycles. The largest absolute Gasteiger partial charge is 0.409 e. The zero-order valence-corrected chi connectivity index (χ0v) is 15.5. The lowest BCUT2D eigenvalue weighted by atomic mass is 9.91. The lowest BCUT2D eigenvalue weighted by molar-refractivity contribution is -0.123. The van der Waals surface area contributed by atoms with Crippen molar-refractivity contribution in [2.45, 2.75) is 64.3 Å². The third kappa shape index (κ3) is 3.81. The molecule has 0 spiro atoms. The summed E-state index contributed by atoms with van der Waals surface area (Å²) < 4.78 is 6.73. The Kier molecular flexibility index (Phi) is 6.30. The van der Waals surface area contributed by atoms with Crippen molar-refractivity contribution in [3.63, 3.8) is 0 Å². The Hall–Kier alpha value is -1.26. The molecule has 0 saturated heterocycles. The Morgan fingerprint density at radius 1 is 1.22 bits per heavy atom. The topological polar surface area (TPSA) is 43.4 Å². The highest BCUT2D eigenvalue weighted by Gasteiger charge is 2.40. The second-order valence-corrected chi connectivity index (χ2v) is 11.2. The van der Waals surface area contributed by atoms with Crippen LogP contribution in [0.4, 0.5) is 0 Å². The van der Waals surface area contributed by atoms with Gasteiger partial charge in [0.05, 0.1) is 6.10 Å². The number of hydrogen-bond acceptors (Lipinski definition) is 3. The summed E-state index contributed by atoms with van der Waals surface area (Å²) in [5, 5.41) is 0. The van der Waals surface area contributed by atoms with Crippen LogP contribution in [0.15, 0.2) is 24.3 Å². The van der Waals surface area contributed by atoms with Gasteiger partial charge in [-0.1, -0.05) is 45.0 Å². The highest BCUT2D eigenvalue weighted by Crippen LogP contribution is 2.40. The van der Waals surface area contributed by atoms with Crippen molar-refractivity contribution in [1.29, 1.82) is 0 Å². The molecular formula is C19H28O3Si. The molecule has 0 radical (unpaired) electrons. The zero-order chi connectivity index (χ0) is 16.9. The van der Waals surface area contributed by atoms with Crippen molar-refractivity contribution in [2.24, 2.45) is 5.92 Å². The molecule has 0 amide bonds. The van der Waals surface area contributed by atoms with E-state index < -0.39 is 8.32 Å². The van der Waals surface area contributed by atoms with Crippen LogP contribution in [0.25, 0.3) is 0 Å². The van der Waals surface area contributed by atoms with Crippen LogP contribution < -0.4 is 0 Å². The number of rotatable bonds is 8. The van der Waals surface area contributed by atoms with Crippen LogP contribution in [0.1, 0.15) is 62.1 Å². The SMILES string of the molecule is CC[Si](CC)(CC)O[C@H](c1ccccc1C=O)[C@@H]1CCCC1=O. The van der Waals surface area contributed by atoms with Gasteiger partial charge in [-0.15, -0.1) is 0 Å². The van der Waals surface area contributed by atoms with E-state index in [1.54, 1.807) is 0 Å². The minimum atomic E-state index is -1.86. The van der Waals surface area contributed by atoms with Gasteiger partial charge >= 0.3 is 0 Å². The van der Waals surface area contributed by atoms with Crippen LogP contribution in [0.3, 0.4) is 0 Å². The van der Waals surface area contributed by atoms with Gasteiger partial charge in [-0.25, -0.2) is 0 Å². The first-order chi connectivity index (χ1) is 11.1. The maximum atomic E-state index is 12.4. The van der Waals surface area contributed by atoms with Crippen molar-refractivity contribution in [3.05, 3.63) is 35.4 Å². The van der Waals surface area contributed by atoms with E-state index in [0.717, 1.165) is 42.8 Å². The molecule has 2 rings (SSSR count). The number of hydrogen-bond donors (Lipinski definition) is 0. The van der Waals surface area contributed by atoms with Crippen molar-refractivity contribution >= 4 is 20.4 Å². The van der Waals surface area contributed by atoms with Crippen LogP contribution in [0.5, 0.6) is 0 Å². The summed E-state index contributed by atoms with van der Waals surface area (Å²) in [6.07, 6.45) is 3.09. The first-order valence-electron chi connectivity index (χ1n) is 8.85. The first-order valence-corrected chi connectivity index (χ1v) is 11.4. The van der Waals surface area contributed by atoms with Gasteiger partial charge in [-0.3, -0.25) is 9.59 Å². The van der Waals surface area contributed by atoms with Gasteiger partial charge in [0, 0.05) is 17.9 Å². The third-order valence-corrected chi connectivity index (χ3v) is 10.1. The molecule has 23 heavy (non-hydrogen) atoms. The summed E-state index contributed by atoms with van der Waals surface area (Å²) in [5.41, 5.74) is 1.55. The second kappa shape index (κ2) is 8.02. The monoisotopic (exact) mass is 332 g/mol. The van der Waals surface area contributed by atoms with E-state index in [1.807, 2.05) is 24.3 Å². The van der Waals surface area contributed by atoms with Crippen LogP contribution in [-0.4, -0.2) is 20.4 Å². The van der Waals surface area contributed by atoms with Crippen molar-refractivity contribution in [2.75, 3.05) is 0 Å². The van der Waals surface area contributed by atoms with Gasteiger partial charge in [0.25, 0.3) is 0 Å². The molecule has 1 aromatic carbocycles. The van der Waals surface area contributed by atoms with Crippen molar-refractivity contribution in [3.8, 4) is 0 Å². The summed E-state index contributed by atoms with van der Waals surface area (Å²) in [6.45, 7) is 6.58. The summed E-state index contributed by atoms with van der Waals surface area (Å²) in [4.78, 5) is 23.9. The van der Waals surface area contributed by atoms with Gasteiger partial charge in [0.1, 0.15) is 12.1 Å². The molecule has 0 N–H and O–H groups in total. The predicted octanol–water partition coefficient (Wildman–Crippen LogP) is 4.93. The number of carbonyl (C=O) groups excluding carboxylic acids is 2.